The van der Waals surface area contributed by atoms with E-state index in [1.807, 2.05) is 38.1 Å². The Labute approximate surface area is 264 Å². The van der Waals surface area contributed by atoms with Crippen molar-refractivity contribution in [3.63, 3.8) is 0 Å². The van der Waals surface area contributed by atoms with Crippen LogP contribution in [0.25, 0.3) is 0 Å². The molecule has 0 radical (unpaired) electrons. The number of allylic oxidation sites excluding steroid dienone is 6. The number of aryl methyl sites for hydroxylation is 2. The summed E-state index contributed by atoms with van der Waals surface area (Å²) in [6.45, 7) is 9.41. The molecule has 44 heavy (non-hydrogen) atoms. The summed E-state index contributed by atoms with van der Waals surface area (Å²) < 4.78 is 0. The summed E-state index contributed by atoms with van der Waals surface area (Å²) in [5.74, 6) is -0.931. The largest absolute Gasteiger partial charge is 0.335 e. The highest BCUT2D eigenvalue weighted by molar-refractivity contribution is 8.06. The Morgan fingerprint density at radius 3 is 1.32 bits per heavy atom. The quantitative estimate of drug-likeness (QED) is 0.217. The molecule has 7 rings (SSSR count). The summed E-state index contributed by atoms with van der Waals surface area (Å²) in [5.41, 5.74) is 6.27. The molecule has 0 bridgehead atoms. The minimum atomic E-state index is -0.234. The Bertz CT molecular complexity index is 1860. The standard InChI is InChI=1S/C36H28N2O4S2/c1-5-37-27-13-14-28-36(35(27)43-29(37)15-11-23-31(39)21-9-7-19(3)17-25(21)33(23)41)44-30(38(28)6-2)16-12-24-32(40)22-10-8-20(4)18-26(22)34(24)42/h7-18H,5-6H2,1-4H3. The van der Waals surface area contributed by atoms with Gasteiger partial charge in [-0.05, 0) is 76.3 Å². The molecule has 4 aliphatic rings. The van der Waals surface area contributed by atoms with E-state index in [4.69, 9.17) is 0 Å². The first kappa shape index (κ1) is 28.4. The lowest BCUT2D eigenvalue weighted by atomic mass is 10.1. The summed E-state index contributed by atoms with van der Waals surface area (Å²) in [4.78, 5) is 58.8. The Morgan fingerprint density at radius 2 is 0.932 bits per heavy atom. The number of nitrogens with zero attached hydrogens (tertiary/aromatic N) is 2. The molecule has 0 N–H and O–H groups in total. The molecule has 218 valence electrons. The summed E-state index contributed by atoms with van der Waals surface area (Å²) in [5, 5.41) is 1.88. The van der Waals surface area contributed by atoms with E-state index in [0.29, 0.717) is 22.3 Å². The second-order valence-electron chi connectivity index (χ2n) is 11.0. The van der Waals surface area contributed by atoms with Crippen LogP contribution in [0, 0.1) is 13.8 Å². The van der Waals surface area contributed by atoms with E-state index in [0.717, 1.165) is 55.4 Å². The van der Waals surface area contributed by atoms with Crippen LogP contribution in [-0.2, 0) is 0 Å². The average molecular weight is 617 g/mol. The van der Waals surface area contributed by atoms with E-state index >= 15 is 0 Å². The van der Waals surface area contributed by atoms with Crippen molar-refractivity contribution in [3.05, 3.63) is 127 Å². The molecule has 0 fully saturated rings. The van der Waals surface area contributed by atoms with Gasteiger partial charge in [0.15, 0.2) is 23.1 Å². The van der Waals surface area contributed by atoms with Crippen molar-refractivity contribution in [2.75, 3.05) is 22.9 Å². The minimum absolute atomic E-state index is 0.189. The maximum Gasteiger partial charge on any atom is 0.197 e. The number of Topliss-reactive ketones (excluding diaryl/α,β-unsaturated/α-hetero) is 4. The van der Waals surface area contributed by atoms with Gasteiger partial charge in [-0.1, -0.05) is 58.9 Å². The lowest BCUT2D eigenvalue weighted by Crippen LogP contribution is -2.17. The molecule has 2 aliphatic carbocycles. The van der Waals surface area contributed by atoms with Gasteiger partial charge >= 0.3 is 0 Å². The van der Waals surface area contributed by atoms with Crippen LogP contribution in [0.1, 0.15) is 66.4 Å². The summed E-state index contributed by atoms with van der Waals surface area (Å²) >= 11 is 3.24. The van der Waals surface area contributed by atoms with Crippen LogP contribution in [0.3, 0.4) is 0 Å². The molecule has 2 heterocycles. The smallest absolute Gasteiger partial charge is 0.197 e. The summed E-state index contributed by atoms with van der Waals surface area (Å²) in [6, 6.07) is 15.0. The lowest BCUT2D eigenvalue weighted by Gasteiger charge is -2.20. The number of anilines is 2. The average Bonchev–Trinajstić information content (AvgIpc) is 3.69. The molecule has 8 heteroatoms. The predicted octanol–water partition coefficient (Wildman–Crippen LogP) is 7.86. The number of benzene rings is 3. The topological polar surface area (TPSA) is 74.8 Å². The van der Waals surface area contributed by atoms with Crippen molar-refractivity contribution < 1.29 is 19.2 Å². The van der Waals surface area contributed by atoms with Gasteiger partial charge in [0.25, 0.3) is 0 Å². The van der Waals surface area contributed by atoms with Crippen LogP contribution in [0.4, 0.5) is 11.4 Å². The number of carbonyl (C=O) groups is 4. The van der Waals surface area contributed by atoms with E-state index in [2.05, 4.69) is 35.8 Å². The van der Waals surface area contributed by atoms with E-state index in [1.165, 1.54) is 0 Å². The third-order valence-corrected chi connectivity index (χ3v) is 10.8. The lowest BCUT2D eigenvalue weighted by molar-refractivity contribution is 0.0973. The Morgan fingerprint density at radius 1 is 0.545 bits per heavy atom. The molecule has 2 aliphatic heterocycles. The molecule has 0 amide bonds. The van der Waals surface area contributed by atoms with Crippen molar-refractivity contribution in [2.24, 2.45) is 0 Å². The summed E-state index contributed by atoms with van der Waals surface area (Å²) in [7, 11) is 0. The van der Waals surface area contributed by atoms with Gasteiger partial charge in [-0.2, -0.15) is 0 Å². The number of rotatable bonds is 4. The molecule has 0 atom stereocenters. The zero-order valence-electron chi connectivity index (χ0n) is 24.7. The molecular weight excluding hydrogens is 589 g/mol. The molecule has 0 spiro atoms. The van der Waals surface area contributed by atoms with Crippen molar-refractivity contribution in [3.8, 4) is 0 Å². The number of hydrogen-bond donors (Lipinski definition) is 0. The molecule has 0 saturated carbocycles. The van der Waals surface area contributed by atoms with Crippen LogP contribution in [0.2, 0.25) is 0 Å². The minimum Gasteiger partial charge on any atom is -0.335 e. The number of hydrogen-bond acceptors (Lipinski definition) is 8. The maximum absolute atomic E-state index is 13.1. The molecular formula is C36H28N2O4S2. The van der Waals surface area contributed by atoms with Gasteiger partial charge in [0.05, 0.1) is 42.4 Å². The Hall–Kier alpha value is -4.40. The summed E-state index contributed by atoms with van der Waals surface area (Å²) in [6.07, 6.45) is 7.07. The van der Waals surface area contributed by atoms with Crippen LogP contribution < -0.4 is 9.80 Å². The normalized spacial score (nSPS) is 20.5. The van der Waals surface area contributed by atoms with Crippen LogP contribution in [0.5, 0.6) is 0 Å². The highest BCUT2D eigenvalue weighted by atomic mass is 32.2. The van der Waals surface area contributed by atoms with Crippen molar-refractivity contribution in [2.45, 2.75) is 37.5 Å². The second kappa shape index (κ2) is 10.6. The maximum atomic E-state index is 13.1. The number of thioether (sulfide) groups is 2. The van der Waals surface area contributed by atoms with Crippen molar-refractivity contribution in [1.82, 2.24) is 0 Å². The van der Waals surface area contributed by atoms with Gasteiger partial charge in [-0.15, -0.1) is 0 Å². The van der Waals surface area contributed by atoms with Gasteiger partial charge < -0.3 is 9.80 Å². The fraction of sp³-hybridized carbons (Fsp3) is 0.167. The highest BCUT2D eigenvalue weighted by Gasteiger charge is 2.36. The van der Waals surface area contributed by atoms with Gasteiger partial charge in [0, 0.05) is 35.3 Å². The fourth-order valence-corrected chi connectivity index (χ4v) is 8.68. The third kappa shape index (κ3) is 4.27. The number of carbonyl (C=O) groups excluding carboxylic acids is 4. The Kier molecular flexibility index (Phi) is 6.86. The van der Waals surface area contributed by atoms with Crippen LogP contribution in [0.15, 0.2) is 104 Å². The van der Waals surface area contributed by atoms with Gasteiger partial charge in [0.1, 0.15) is 0 Å². The SMILES string of the molecule is CCN1C(=CC=C2C(=O)c3ccc(C)cc3C2=O)Sc2c1ccc1c2SC(=CC=C2C(=O)c3ccc(C)cc3C2=O)N1CC. The first-order chi connectivity index (χ1) is 21.2. The second-order valence-corrected chi connectivity index (χ2v) is 13.1. The van der Waals surface area contributed by atoms with E-state index in [-0.39, 0.29) is 34.3 Å². The van der Waals surface area contributed by atoms with E-state index in [1.54, 1.807) is 59.9 Å². The third-order valence-electron chi connectivity index (χ3n) is 8.32. The van der Waals surface area contributed by atoms with Crippen molar-refractivity contribution >= 4 is 58.0 Å². The van der Waals surface area contributed by atoms with Gasteiger partial charge in [-0.25, -0.2) is 0 Å². The predicted molar refractivity (Wildman–Crippen MR) is 176 cm³/mol. The molecule has 3 aromatic rings. The van der Waals surface area contributed by atoms with E-state index in [9.17, 15) is 19.2 Å². The fourth-order valence-electron chi connectivity index (χ4n) is 6.11. The van der Waals surface area contributed by atoms with Crippen LogP contribution in [-0.4, -0.2) is 36.2 Å². The molecule has 6 nitrogen and oxygen atoms in total. The van der Waals surface area contributed by atoms with Gasteiger partial charge in [0.2, 0.25) is 0 Å². The zero-order valence-corrected chi connectivity index (χ0v) is 26.3. The molecule has 3 aromatic carbocycles. The monoisotopic (exact) mass is 616 g/mol. The zero-order chi connectivity index (χ0) is 30.9. The first-order valence-electron chi connectivity index (χ1n) is 14.5. The van der Waals surface area contributed by atoms with Crippen molar-refractivity contribution in [1.29, 1.82) is 0 Å². The molecule has 0 saturated heterocycles. The number of fused-ring (bicyclic) bond motifs is 5. The molecule has 0 aromatic heterocycles. The van der Waals surface area contributed by atoms with E-state index < -0.39 is 0 Å². The Balaban J connectivity index is 1.20. The van der Waals surface area contributed by atoms with Crippen LogP contribution >= 0.6 is 23.5 Å². The van der Waals surface area contributed by atoms with Gasteiger partial charge in [-0.3, -0.25) is 19.2 Å². The molecule has 0 unspecified atom stereocenters. The highest BCUT2D eigenvalue weighted by Crippen LogP contribution is 2.58. The first-order valence-corrected chi connectivity index (χ1v) is 16.2. The number of ketones is 4.